The van der Waals surface area contributed by atoms with Crippen molar-refractivity contribution in [3.05, 3.63) is 0 Å². The van der Waals surface area contributed by atoms with E-state index in [4.69, 9.17) is 15.9 Å². The standard InChI is InChI=1S/C9H16N2O4/c10-7(4-8(13)14)9(15)11-3-1-2-6(11)5-12/h6-7,12H,1-5,10H2,(H,13,14)/t6-,7?/m1/s1. The molecule has 1 fully saturated rings. The number of rotatable bonds is 4. The van der Waals surface area contributed by atoms with E-state index >= 15 is 0 Å². The predicted octanol–water partition coefficient (Wildman–Crippen LogP) is -1.23. The van der Waals surface area contributed by atoms with E-state index in [9.17, 15) is 9.59 Å². The van der Waals surface area contributed by atoms with E-state index < -0.39 is 12.0 Å². The van der Waals surface area contributed by atoms with Crippen LogP contribution in [0.25, 0.3) is 0 Å². The summed E-state index contributed by atoms with van der Waals surface area (Å²) in [5, 5.41) is 17.5. The fourth-order valence-corrected chi connectivity index (χ4v) is 1.80. The maximum atomic E-state index is 11.7. The smallest absolute Gasteiger partial charge is 0.305 e. The fourth-order valence-electron chi connectivity index (χ4n) is 1.80. The summed E-state index contributed by atoms with van der Waals surface area (Å²) in [5.74, 6) is -1.47. The topological polar surface area (TPSA) is 104 Å². The molecule has 6 heteroatoms. The molecule has 1 heterocycles. The van der Waals surface area contributed by atoms with Gasteiger partial charge in [0.25, 0.3) is 0 Å². The number of aliphatic hydroxyl groups is 1. The monoisotopic (exact) mass is 216 g/mol. The number of aliphatic carboxylic acids is 1. The van der Waals surface area contributed by atoms with E-state index in [0.29, 0.717) is 6.54 Å². The number of hydrogen-bond donors (Lipinski definition) is 3. The second kappa shape index (κ2) is 5.09. The van der Waals surface area contributed by atoms with Crippen molar-refractivity contribution in [2.45, 2.75) is 31.3 Å². The minimum atomic E-state index is -1.09. The van der Waals surface area contributed by atoms with E-state index in [-0.39, 0.29) is 25.0 Å². The molecule has 0 aromatic rings. The summed E-state index contributed by atoms with van der Waals surface area (Å²) < 4.78 is 0. The first-order valence-electron chi connectivity index (χ1n) is 4.95. The quantitative estimate of drug-likeness (QED) is 0.546. The second-order valence-corrected chi connectivity index (χ2v) is 3.71. The van der Waals surface area contributed by atoms with Crippen molar-refractivity contribution < 1.29 is 19.8 Å². The van der Waals surface area contributed by atoms with Crippen LogP contribution in [0.15, 0.2) is 0 Å². The molecular formula is C9H16N2O4. The molecule has 0 aromatic carbocycles. The molecule has 0 spiro atoms. The number of aliphatic hydroxyl groups excluding tert-OH is 1. The molecular weight excluding hydrogens is 200 g/mol. The first-order valence-corrected chi connectivity index (χ1v) is 4.95. The number of carboxylic acid groups (broad SMARTS) is 1. The van der Waals surface area contributed by atoms with Crippen molar-refractivity contribution in [3.63, 3.8) is 0 Å². The largest absolute Gasteiger partial charge is 0.481 e. The Morgan fingerprint density at radius 2 is 2.20 bits per heavy atom. The van der Waals surface area contributed by atoms with Crippen molar-refractivity contribution in [1.29, 1.82) is 0 Å². The Labute approximate surface area is 87.7 Å². The molecule has 2 atom stereocenters. The van der Waals surface area contributed by atoms with Crippen LogP contribution in [0.1, 0.15) is 19.3 Å². The van der Waals surface area contributed by atoms with E-state index in [1.165, 1.54) is 4.90 Å². The minimum absolute atomic E-state index is 0.0917. The third-order valence-corrected chi connectivity index (χ3v) is 2.58. The summed E-state index contributed by atoms with van der Waals surface area (Å²) in [4.78, 5) is 23.5. The van der Waals surface area contributed by atoms with Gasteiger partial charge in [0.1, 0.15) is 0 Å². The summed E-state index contributed by atoms with van der Waals surface area (Å²) in [5.41, 5.74) is 5.46. The average Bonchev–Trinajstić information content (AvgIpc) is 2.62. The fraction of sp³-hybridized carbons (Fsp3) is 0.778. The number of carbonyl (C=O) groups is 2. The lowest BCUT2D eigenvalue weighted by molar-refractivity contribution is -0.142. The molecule has 1 aliphatic rings. The Morgan fingerprint density at radius 1 is 1.53 bits per heavy atom. The molecule has 6 nitrogen and oxygen atoms in total. The number of nitrogens with two attached hydrogens (primary N) is 1. The Balaban J connectivity index is 2.55. The Hall–Kier alpha value is -1.14. The molecule has 0 bridgehead atoms. The maximum absolute atomic E-state index is 11.7. The van der Waals surface area contributed by atoms with Gasteiger partial charge in [0.15, 0.2) is 0 Å². The van der Waals surface area contributed by atoms with Gasteiger partial charge in [-0.15, -0.1) is 0 Å². The highest BCUT2D eigenvalue weighted by Crippen LogP contribution is 2.17. The molecule has 4 N–H and O–H groups in total. The average molecular weight is 216 g/mol. The molecule has 0 aliphatic carbocycles. The molecule has 15 heavy (non-hydrogen) atoms. The summed E-state index contributed by atoms with van der Waals surface area (Å²) in [6.07, 6.45) is 1.21. The Bertz CT molecular complexity index is 256. The third kappa shape index (κ3) is 2.90. The zero-order chi connectivity index (χ0) is 11.4. The van der Waals surface area contributed by atoms with Crippen molar-refractivity contribution in [2.24, 2.45) is 5.73 Å². The predicted molar refractivity (Wildman–Crippen MR) is 52.0 cm³/mol. The molecule has 1 saturated heterocycles. The second-order valence-electron chi connectivity index (χ2n) is 3.71. The summed E-state index contributed by atoms with van der Waals surface area (Å²) >= 11 is 0. The van der Waals surface area contributed by atoms with Gasteiger partial charge in [-0.25, -0.2) is 0 Å². The highest BCUT2D eigenvalue weighted by atomic mass is 16.4. The van der Waals surface area contributed by atoms with Crippen LogP contribution in [0, 0.1) is 0 Å². The first-order chi connectivity index (χ1) is 7.06. The summed E-state index contributed by atoms with van der Waals surface area (Å²) in [6, 6.07) is -1.20. The molecule has 1 unspecified atom stereocenters. The molecule has 0 saturated carbocycles. The van der Waals surface area contributed by atoms with Crippen molar-refractivity contribution in [3.8, 4) is 0 Å². The molecule has 1 amide bonds. The summed E-state index contributed by atoms with van der Waals surface area (Å²) in [6.45, 7) is 0.461. The Morgan fingerprint density at radius 3 is 2.73 bits per heavy atom. The van der Waals surface area contributed by atoms with Crippen LogP contribution in [-0.4, -0.2) is 52.2 Å². The van der Waals surface area contributed by atoms with Gasteiger partial charge in [0.05, 0.1) is 25.1 Å². The minimum Gasteiger partial charge on any atom is -0.481 e. The number of carboxylic acids is 1. The lowest BCUT2D eigenvalue weighted by atomic mass is 10.1. The van der Waals surface area contributed by atoms with Crippen LogP contribution in [0.3, 0.4) is 0 Å². The first kappa shape index (κ1) is 11.9. The van der Waals surface area contributed by atoms with E-state index in [1.54, 1.807) is 0 Å². The van der Waals surface area contributed by atoms with Crippen LogP contribution in [0.2, 0.25) is 0 Å². The molecule has 86 valence electrons. The number of nitrogens with zero attached hydrogens (tertiary/aromatic N) is 1. The number of carbonyl (C=O) groups excluding carboxylic acids is 1. The van der Waals surface area contributed by atoms with Gasteiger partial charge in [-0.1, -0.05) is 0 Å². The zero-order valence-electron chi connectivity index (χ0n) is 8.43. The normalized spacial score (nSPS) is 22.8. The van der Waals surface area contributed by atoms with Gasteiger partial charge >= 0.3 is 5.97 Å². The van der Waals surface area contributed by atoms with Crippen molar-refractivity contribution in [2.75, 3.05) is 13.2 Å². The van der Waals surface area contributed by atoms with E-state index in [0.717, 1.165) is 12.8 Å². The third-order valence-electron chi connectivity index (χ3n) is 2.58. The molecule has 0 aromatic heterocycles. The number of amides is 1. The lowest BCUT2D eigenvalue weighted by Crippen LogP contribution is -2.47. The molecule has 1 aliphatic heterocycles. The number of likely N-dealkylation sites (tertiary alicyclic amines) is 1. The van der Waals surface area contributed by atoms with Crippen LogP contribution >= 0.6 is 0 Å². The van der Waals surface area contributed by atoms with Gasteiger partial charge in [-0.05, 0) is 12.8 Å². The van der Waals surface area contributed by atoms with E-state index in [1.807, 2.05) is 0 Å². The highest BCUT2D eigenvalue weighted by Gasteiger charge is 2.31. The van der Waals surface area contributed by atoms with Crippen molar-refractivity contribution >= 4 is 11.9 Å². The highest BCUT2D eigenvalue weighted by molar-refractivity contribution is 5.86. The maximum Gasteiger partial charge on any atom is 0.305 e. The summed E-state index contributed by atoms with van der Waals surface area (Å²) in [7, 11) is 0. The molecule has 1 rings (SSSR count). The van der Waals surface area contributed by atoms with Gasteiger partial charge in [-0.3, -0.25) is 9.59 Å². The molecule has 0 radical (unpaired) electrons. The van der Waals surface area contributed by atoms with Crippen LogP contribution in [0.4, 0.5) is 0 Å². The van der Waals surface area contributed by atoms with Crippen LogP contribution in [-0.2, 0) is 9.59 Å². The van der Waals surface area contributed by atoms with Crippen LogP contribution < -0.4 is 5.73 Å². The zero-order valence-corrected chi connectivity index (χ0v) is 8.43. The number of hydrogen-bond acceptors (Lipinski definition) is 4. The lowest BCUT2D eigenvalue weighted by Gasteiger charge is -2.25. The SMILES string of the molecule is NC(CC(=O)O)C(=O)N1CCC[C@@H]1CO. The van der Waals surface area contributed by atoms with Gasteiger partial charge in [0, 0.05) is 6.54 Å². The Kier molecular flexibility index (Phi) is 4.05. The van der Waals surface area contributed by atoms with Gasteiger partial charge < -0.3 is 20.8 Å². The van der Waals surface area contributed by atoms with Gasteiger partial charge in [-0.2, -0.15) is 0 Å². The van der Waals surface area contributed by atoms with Gasteiger partial charge in [0.2, 0.25) is 5.91 Å². The van der Waals surface area contributed by atoms with Crippen LogP contribution in [0.5, 0.6) is 0 Å². The van der Waals surface area contributed by atoms with Crippen molar-refractivity contribution in [1.82, 2.24) is 4.90 Å². The van der Waals surface area contributed by atoms with E-state index in [2.05, 4.69) is 0 Å².